The first-order valence-electron chi connectivity index (χ1n) is 7.27. The molecule has 4 nitrogen and oxygen atoms in total. The van der Waals surface area contributed by atoms with E-state index >= 15 is 0 Å². The van der Waals surface area contributed by atoms with Crippen molar-refractivity contribution in [3.8, 4) is 11.3 Å². The lowest BCUT2D eigenvalue weighted by molar-refractivity contribution is -0.120. The molecular weight excluding hydrogens is 303 g/mol. The molecule has 1 aliphatic carbocycles. The molecule has 1 aromatic carbocycles. The maximum Gasteiger partial charge on any atom is 0.227 e. The molecule has 1 fully saturated rings. The van der Waals surface area contributed by atoms with Gasteiger partial charge in [-0.15, -0.1) is 11.3 Å². The van der Waals surface area contributed by atoms with Crippen LogP contribution in [0.4, 0.5) is 9.39 Å². The lowest BCUT2D eigenvalue weighted by atomic mass is 9.98. The molecule has 1 heterocycles. The highest BCUT2D eigenvalue weighted by molar-refractivity contribution is 7.14. The summed E-state index contributed by atoms with van der Waals surface area (Å²) in [6, 6.07) is 5.98. The molecule has 1 aliphatic rings. The number of rotatable bonds is 4. The number of nitrogens with zero attached hydrogens (tertiary/aromatic N) is 1. The van der Waals surface area contributed by atoms with E-state index in [0.29, 0.717) is 23.5 Å². The van der Waals surface area contributed by atoms with E-state index in [1.807, 2.05) is 0 Å². The maximum atomic E-state index is 13.0. The number of hydrogen-bond donors (Lipinski definition) is 2. The largest absolute Gasteiger partial charge is 0.389 e. The Kier molecular flexibility index (Phi) is 4.22. The minimum absolute atomic E-state index is 0.105. The molecule has 0 saturated heterocycles. The van der Waals surface area contributed by atoms with E-state index in [0.717, 1.165) is 18.4 Å². The van der Waals surface area contributed by atoms with Crippen LogP contribution in [0.2, 0.25) is 0 Å². The van der Waals surface area contributed by atoms with Gasteiger partial charge in [-0.3, -0.25) is 4.79 Å². The van der Waals surface area contributed by atoms with Crippen LogP contribution in [-0.2, 0) is 4.79 Å². The minimum atomic E-state index is -0.870. The minimum Gasteiger partial charge on any atom is -0.389 e. The lowest BCUT2D eigenvalue weighted by Crippen LogP contribution is -2.30. The van der Waals surface area contributed by atoms with Gasteiger partial charge in [-0.1, -0.05) is 12.8 Å². The number of benzene rings is 1. The third-order valence-corrected chi connectivity index (χ3v) is 4.70. The van der Waals surface area contributed by atoms with Gasteiger partial charge in [0.15, 0.2) is 0 Å². The van der Waals surface area contributed by atoms with Crippen molar-refractivity contribution in [3.05, 3.63) is 35.6 Å². The number of carbonyl (C=O) groups excluding carboxylic acids is 1. The van der Waals surface area contributed by atoms with Crippen LogP contribution in [0.15, 0.2) is 29.8 Å². The molecular formula is C16H17FN2O2S. The molecule has 0 unspecified atom stereocenters. The fourth-order valence-electron chi connectivity index (χ4n) is 2.83. The molecule has 1 saturated carbocycles. The molecule has 1 amide bonds. The van der Waals surface area contributed by atoms with Crippen LogP contribution >= 0.6 is 11.3 Å². The number of nitrogens with one attached hydrogen (secondary N) is 1. The summed E-state index contributed by atoms with van der Waals surface area (Å²) in [7, 11) is 0. The van der Waals surface area contributed by atoms with Crippen LogP contribution in [-0.4, -0.2) is 21.6 Å². The molecule has 2 N–H and O–H groups in total. The fourth-order valence-corrected chi connectivity index (χ4v) is 3.55. The Morgan fingerprint density at radius 3 is 2.68 bits per heavy atom. The summed E-state index contributed by atoms with van der Waals surface area (Å²) < 4.78 is 13.0. The fraction of sp³-hybridized carbons (Fsp3) is 0.375. The Morgan fingerprint density at radius 1 is 1.32 bits per heavy atom. The molecule has 0 atom stereocenters. The van der Waals surface area contributed by atoms with Crippen LogP contribution in [0, 0.1) is 5.82 Å². The Labute approximate surface area is 132 Å². The molecule has 0 aliphatic heterocycles. The van der Waals surface area contributed by atoms with Gasteiger partial charge in [-0.2, -0.15) is 0 Å². The first kappa shape index (κ1) is 15.1. The number of thiazole rings is 1. The summed E-state index contributed by atoms with van der Waals surface area (Å²) in [4.78, 5) is 16.4. The molecule has 116 valence electrons. The summed E-state index contributed by atoms with van der Waals surface area (Å²) in [5, 5.41) is 13.7. The molecule has 6 heteroatoms. The summed E-state index contributed by atoms with van der Waals surface area (Å²) in [5.74, 6) is -0.523. The van der Waals surface area contributed by atoms with Crippen LogP contribution < -0.4 is 5.32 Å². The number of aromatic nitrogens is 1. The van der Waals surface area contributed by atoms with Crippen molar-refractivity contribution in [1.82, 2.24) is 4.98 Å². The van der Waals surface area contributed by atoms with Gasteiger partial charge in [-0.25, -0.2) is 9.37 Å². The predicted molar refractivity (Wildman–Crippen MR) is 84.2 cm³/mol. The molecule has 1 aromatic heterocycles. The Bertz CT molecular complexity index is 663. The van der Waals surface area contributed by atoms with Gasteiger partial charge >= 0.3 is 0 Å². The first-order chi connectivity index (χ1) is 10.6. The second kappa shape index (κ2) is 6.14. The molecule has 3 rings (SSSR count). The Hall–Kier alpha value is -1.79. The van der Waals surface area contributed by atoms with Crippen LogP contribution in [0.3, 0.4) is 0 Å². The third kappa shape index (κ3) is 3.34. The zero-order chi connectivity index (χ0) is 15.6. The zero-order valence-corrected chi connectivity index (χ0v) is 12.8. The number of anilines is 1. The summed E-state index contributed by atoms with van der Waals surface area (Å²) in [6.07, 6.45) is 3.38. The summed E-state index contributed by atoms with van der Waals surface area (Å²) in [5.41, 5.74) is 2.14. The number of carbonyl (C=O) groups is 1. The van der Waals surface area contributed by atoms with E-state index in [4.69, 9.17) is 0 Å². The average Bonchev–Trinajstić information content (AvgIpc) is 3.09. The van der Waals surface area contributed by atoms with Crippen LogP contribution in [0.5, 0.6) is 0 Å². The zero-order valence-electron chi connectivity index (χ0n) is 12.0. The van der Waals surface area contributed by atoms with Crippen LogP contribution in [0.1, 0.15) is 32.1 Å². The molecule has 0 spiro atoms. The average molecular weight is 320 g/mol. The van der Waals surface area contributed by atoms with Crippen molar-refractivity contribution in [2.24, 2.45) is 0 Å². The lowest BCUT2D eigenvalue weighted by Gasteiger charge is -2.20. The highest BCUT2D eigenvalue weighted by Gasteiger charge is 2.33. The molecule has 0 bridgehead atoms. The quantitative estimate of drug-likeness (QED) is 0.905. The molecule has 0 radical (unpaired) electrons. The first-order valence-corrected chi connectivity index (χ1v) is 8.15. The normalized spacial score (nSPS) is 16.6. The molecule has 2 aromatic rings. The van der Waals surface area contributed by atoms with E-state index in [2.05, 4.69) is 10.3 Å². The Morgan fingerprint density at radius 2 is 2.00 bits per heavy atom. The van der Waals surface area contributed by atoms with Gasteiger partial charge in [-0.05, 0) is 37.1 Å². The summed E-state index contributed by atoms with van der Waals surface area (Å²) >= 11 is 1.32. The summed E-state index contributed by atoms with van der Waals surface area (Å²) in [6.45, 7) is 0. The van der Waals surface area contributed by atoms with Crippen LogP contribution in [0.25, 0.3) is 11.3 Å². The molecule has 22 heavy (non-hydrogen) atoms. The standard InChI is InChI=1S/C16H17FN2O2S/c17-12-5-3-11(4-6-12)14-15(22-10-18-14)19-13(20)9-16(21)7-1-2-8-16/h3-6,10,21H,1-2,7-9H2,(H,19,20). The number of hydrogen-bond acceptors (Lipinski definition) is 4. The SMILES string of the molecule is O=C(CC1(O)CCCC1)Nc1scnc1-c1ccc(F)cc1. The van der Waals surface area contributed by atoms with Crippen molar-refractivity contribution in [2.75, 3.05) is 5.32 Å². The van der Waals surface area contributed by atoms with Crippen molar-refractivity contribution in [3.63, 3.8) is 0 Å². The maximum absolute atomic E-state index is 13.0. The van der Waals surface area contributed by atoms with Crippen molar-refractivity contribution < 1.29 is 14.3 Å². The van der Waals surface area contributed by atoms with E-state index in [1.54, 1.807) is 17.6 Å². The van der Waals surface area contributed by atoms with Gasteiger partial charge in [0.25, 0.3) is 0 Å². The van der Waals surface area contributed by atoms with Gasteiger partial charge in [0, 0.05) is 5.56 Å². The van der Waals surface area contributed by atoms with Crippen molar-refractivity contribution in [1.29, 1.82) is 0 Å². The van der Waals surface area contributed by atoms with Gasteiger partial charge in [0.2, 0.25) is 5.91 Å². The van der Waals surface area contributed by atoms with E-state index in [9.17, 15) is 14.3 Å². The topological polar surface area (TPSA) is 62.2 Å². The highest BCUT2D eigenvalue weighted by Crippen LogP contribution is 2.34. The van der Waals surface area contributed by atoms with Gasteiger partial charge < -0.3 is 10.4 Å². The van der Waals surface area contributed by atoms with E-state index in [1.165, 1.54) is 23.5 Å². The van der Waals surface area contributed by atoms with Crippen molar-refractivity contribution in [2.45, 2.75) is 37.7 Å². The second-order valence-electron chi connectivity index (χ2n) is 5.69. The van der Waals surface area contributed by atoms with Crippen molar-refractivity contribution >= 4 is 22.2 Å². The monoisotopic (exact) mass is 320 g/mol. The third-order valence-electron chi connectivity index (χ3n) is 3.96. The number of amides is 1. The van der Waals surface area contributed by atoms with Gasteiger partial charge in [0.05, 0.1) is 17.5 Å². The predicted octanol–water partition coefficient (Wildman–Crippen LogP) is 3.58. The van der Waals surface area contributed by atoms with E-state index < -0.39 is 5.60 Å². The smallest absolute Gasteiger partial charge is 0.227 e. The second-order valence-corrected chi connectivity index (χ2v) is 6.55. The Balaban J connectivity index is 1.72. The number of halogens is 1. The number of aliphatic hydroxyl groups is 1. The van der Waals surface area contributed by atoms with Gasteiger partial charge in [0.1, 0.15) is 16.5 Å². The van der Waals surface area contributed by atoms with E-state index in [-0.39, 0.29) is 18.1 Å². The highest BCUT2D eigenvalue weighted by atomic mass is 32.1.